The van der Waals surface area contributed by atoms with E-state index in [-0.39, 0.29) is 11.4 Å². The Morgan fingerprint density at radius 1 is 0.596 bits per heavy atom. The normalized spacial score (nSPS) is 17.4. The van der Waals surface area contributed by atoms with Crippen molar-refractivity contribution in [1.82, 2.24) is 73.3 Å². The van der Waals surface area contributed by atoms with E-state index in [1.807, 2.05) is 91.1 Å². The molecule has 0 spiro atoms. The van der Waals surface area contributed by atoms with Gasteiger partial charge < -0.3 is 43.9 Å². The van der Waals surface area contributed by atoms with E-state index in [1.54, 1.807) is 6.33 Å². The molecule has 0 bridgehead atoms. The Bertz CT molecular complexity index is 5180. The predicted octanol–water partition coefficient (Wildman–Crippen LogP) is 13.5. The Kier molecular flexibility index (Phi) is 18.2. The van der Waals surface area contributed by atoms with Gasteiger partial charge in [-0.05, 0) is 215 Å². The molecule has 0 aliphatic carbocycles. The summed E-state index contributed by atoms with van der Waals surface area (Å²) in [6.07, 6.45) is 17.3. The quantitative estimate of drug-likeness (QED) is 0.104. The number of halogens is 1. The van der Waals surface area contributed by atoms with Crippen LogP contribution in [0.5, 0.6) is 0 Å². The van der Waals surface area contributed by atoms with Gasteiger partial charge in [-0.25, -0.2) is 24.0 Å². The Morgan fingerprint density at radius 2 is 1.16 bits per heavy atom. The minimum absolute atomic E-state index is 0.194. The van der Waals surface area contributed by atoms with E-state index in [4.69, 9.17) is 15.5 Å². The molecule has 7 aromatic heterocycles. The van der Waals surface area contributed by atoms with E-state index in [1.165, 1.54) is 47.5 Å². The standard InChI is InChI=1S/C30H33N7.C27H29FN6.C26H25N7/c1-4-30(2,3)32-16-22-11-12-35(17-22)26-9-10-27-25(13-26)19-36-18-24(23-7-5-21(15-31)6-8-23)14-28(36)29-34-33-20-37(27)29;1-18-13-33(16-21(18)14-31(2)3)26-9-8-24-23(30-26)17-32-15-20(19-4-6-22(28)7-5-19)12-25(32)27-29-10-11-34(24)27;1-28-13-19-8-9-31(14-19)23-6-7-24-22(10-23)16-32-15-21(20-4-2-18(12-27)3-5-20)11-25(32)26-29-17-30-33(24)26/h5-10,13-14,18,20,22,32H,4,11-12,16-17,19H2,1-3H3;4-12,15,18,21H,13-14,16-17H2,1-3H3;2-7,10-11,15,17,19,28H,8-9,13-14,16H2,1H3/t22-;18-,21-;19-/m110/s1. The zero-order chi connectivity index (χ0) is 71.3. The fourth-order valence-corrected chi connectivity index (χ4v) is 15.9. The van der Waals surface area contributed by atoms with E-state index < -0.39 is 0 Å². The lowest BCUT2D eigenvalue weighted by Gasteiger charge is -2.27. The predicted molar refractivity (Wildman–Crippen MR) is 408 cm³/mol. The van der Waals surface area contributed by atoms with Gasteiger partial charge in [-0.15, -0.1) is 10.2 Å². The molecular formula is C83H87FN20. The van der Waals surface area contributed by atoms with Crippen molar-refractivity contribution in [3.63, 3.8) is 0 Å². The monoisotopic (exact) mass is 1380 g/mol. The molecule has 0 amide bonds. The molecule has 12 aromatic rings. The lowest BCUT2D eigenvalue weighted by Crippen LogP contribution is -2.41. The van der Waals surface area contributed by atoms with E-state index >= 15 is 0 Å². The largest absolute Gasteiger partial charge is 0.371 e. The molecule has 4 atom stereocenters. The number of rotatable bonds is 14. The van der Waals surface area contributed by atoms with E-state index in [9.17, 15) is 4.39 Å². The fourth-order valence-electron chi connectivity index (χ4n) is 15.9. The highest BCUT2D eigenvalue weighted by Crippen LogP contribution is 2.40. The molecule has 3 saturated heterocycles. The maximum atomic E-state index is 13.4. The molecule has 6 aliphatic rings. The van der Waals surface area contributed by atoms with Gasteiger partial charge in [0.05, 0.1) is 69.6 Å². The summed E-state index contributed by atoms with van der Waals surface area (Å²) in [6, 6.07) is 50.8. The minimum atomic E-state index is -0.227. The van der Waals surface area contributed by atoms with Crippen molar-refractivity contribution in [2.24, 2.45) is 23.7 Å². The summed E-state index contributed by atoms with van der Waals surface area (Å²) in [5.74, 6) is 6.04. The van der Waals surface area contributed by atoms with Crippen molar-refractivity contribution in [3.05, 3.63) is 217 Å². The highest BCUT2D eigenvalue weighted by molar-refractivity contribution is 5.75. The van der Waals surface area contributed by atoms with Crippen LogP contribution in [0.15, 0.2) is 183 Å². The van der Waals surface area contributed by atoms with Crippen LogP contribution in [-0.4, -0.2) is 148 Å². The van der Waals surface area contributed by atoms with Crippen LogP contribution in [0.4, 0.5) is 21.6 Å². The number of aromatic nitrogens is 12. The van der Waals surface area contributed by atoms with Crippen molar-refractivity contribution in [3.8, 4) is 97.1 Å². The molecule has 0 saturated carbocycles. The third-order valence-electron chi connectivity index (χ3n) is 22.0. The molecule has 526 valence electrons. The number of anilines is 3. The molecule has 0 radical (unpaired) electrons. The highest BCUT2D eigenvalue weighted by atomic mass is 19.1. The third-order valence-corrected chi connectivity index (χ3v) is 22.0. The Morgan fingerprint density at radius 3 is 1.77 bits per heavy atom. The van der Waals surface area contributed by atoms with Crippen LogP contribution in [0.3, 0.4) is 0 Å². The summed E-state index contributed by atoms with van der Waals surface area (Å²) in [5, 5.41) is 38.6. The van der Waals surface area contributed by atoms with Crippen LogP contribution >= 0.6 is 0 Å². The zero-order valence-corrected chi connectivity index (χ0v) is 60.2. The number of imidazole rings is 1. The first-order chi connectivity index (χ1) is 50.6. The van der Waals surface area contributed by atoms with Crippen molar-refractivity contribution in [2.45, 2.75) is 72.1 Å². The van der Waals surface area contributed by atoms with E-state index in [0.717, 1.165) is 175 Å². The van der Waals surface area contributed by atoms with E-state index in [2.05, 4.69) is 218 Å². The van der Waals surface area contributed by atoms with Gasteiger partial charge in [-0.1, -0.05) is 50.2 Å². The molecule has 5 aromatic carbocycles. The molecule has 3 fully saturated rings. The first kappa shape index (κ1) is 67.3. The number of hydrogen-bond acceptors (Lipinski definition) is 14. The van der Waals surface area contributed by atoms with Gasteiger partial charge in [0, 0.05) is 130 Å². The van der Waals surface area contributed by atoms with Gasteiger partial charge >= 0.3 is 0 Å². The molecule has 104 heavy (non-hydrogen) atoms. The summed E-state index contributed by atoms with van der Waals surface area (Å²) in [4.78, 5) is 24.2. The summed E-state index contributed by atoms with van der Waals surface area (Å²) >= 11 is 0. The summed E-state index contributed by atoms with van der Waals surface area (Å²) < 4.78 is 26.4. The van der Waals surface area contributed by atoms with Crippen molar-refractivity contribution in [2.75, 3.05) is 94.7 Å². The van der Waals surface area contributed by atoms with Gasteiger partial charge in [0.2, 0.25) is 0 Å². The molecule has 20 nitrogen and oxygen atoms in total. The van der Waals surface area contributed by atoms with Crippen LogP contribution in [0.1, 0.15) is 74.9 Å². The number of nitriles is 2. The number of nitrogens with zero attached hydrogens (tertiary/aromatic N) is 18. The fraction of sp³-hybridized carbons (Fsp3) is 0.325. The van der Waals surface area contributed by atoms with Gasteiger partial charge in [-0.3, -0.25) is 9.13 Å². The highest BCUT2D eigenvalue weighted by Gasteiger charge is 2.34. The molecule has 0 unspecified atom stereocenters. The Labute approximate surface area is 606 Å². The maximum Gasteiger partial charge on any atom is 0.185 e. The molecular weight excluding hydrogens is 1300 g/mol. The topological polar surface area (TPSA) is 192 Å². The summed E-state index contributed by atoms with van der Waals surface area (Å²) in [7, 11) is 6.32. The SMILES string of the molecule is CCC(C)(C)NC[C@H]1CCN(c2ccc3c(c2)Cn2cc(-c4ccc(C#N)cc4)cc2-c2nncn2-3)C1.CNC[C@@H]1CCN(c2ccc3c(c2)Cn2cc(-c4ccc(C#N)cc4)cc2-c2ncnn2-3)C1.C[C@@H]1CN(c2ccc3c(n2)Cn2cc(-c4ccc(F)cc4)cc2-c2nccn2-3)C[C@H]1CN(C)C. The number of fused-ring (bicyclic) bond motifs is 15. The van der Waals surface area contributed by atoms with E-state index in [0.29, 0.717) is 41.3 Å². The second kappa shape index (κ2) is 28.2. The Hall–Kier alpha value is -11.2. The number of pyridine rings is 1. The van der Waals surface area contributed by atoms with Crippen LogP contribution < -0.4 is 25.3 Å². The van der Waals surface area contributed by atoms with Gasteiger partial charge in [0.15, 0.2) is 17.5 Å². The van der Waals surface area contributed by atoms with Crippen LogP contribution in [0.2, 0.25) is 0 Å². The zero-order valence-electron chi connectivity index (χ0n) is 60.2. The van der Waals surface area contributed by atoms with Gasteiger partial charge in [0.1, 0.15) is 24.3 Å². The molecule has 18 rings (SSSR count). The van der Waals surface area contributed by atoms with Crippen molar-refractivity contribution >= 4 is 17.2 Å². The molecule has 21 heteroatoms. The second-order valence-corrected chi connectivity index (χ2v) is 29.8. The average Bonchev–Trinajstić information content (AvgIpc) is 1.62. The van der Waals surface area contributed by atoms with Crippen LogP contribution in [-0.2, 0) is 19.6 Å². The first-order valence-electron chi connectivity index (χ1n) is 36.4. The molecule has 13 heterocycles. The number of benzene rings is 5. The third kappa shape index (κ3) is 13.4. The first-order valence-corrected chi connectivity index (χ1v) is 36.4. The number of nitrogens with one attached hydrogen (secondary N) is 2. The smallest absolute Gasteiger partial charge is 0.185 e. The van der Waals surface area contributed by atoms with Crippen LogP contribution in [0, 0.1) is 52.2 Å². The minimum Gasteiger partial charge on any atom is -0.371 e. The molecule has 2 N–H and O–H groups in total. The van der Waals surface area contributed by atoms with Crippen molar-refractivity contribution in [1.29, 1.82) is 10.5 Å². The van der Waals surface area contributed by atoms with Crippen molar-refractivity contribution < 1.29 is 4.39 Å². The lowest BCUT2D eigenvalue weighted by atomic mass is 9.98. The number of hydrogen-bond donors (Lipinski definition) is 2. The van der Waals surface area contributed by atoms with Gasteiger partial charge in [0.25, 0.3) is 0 Å². The summed E-state index contributed by atoms with van der Waals surface area (Å²) in [5.41, 5.74) is 20.4. The van der Waals surface area contributed by atoms with Crippen LogP contribution in [0.25, 0.3) is 85.0 Å². The average molecular weight is 1380 g/mol. The maximum absolute atomic E-state index is 13.4. The summed E-state index contributed by atoms with van der Waals surface area (Å²) in [6.45, 7) is 21.0. The molecule has 6 aliphatic heterocycles. The lowest BCUT2D eigenvalue weighted by molar-refractivity contribution is 0.301. The second-order valence-electron chi connectivity index (χ2n) is 29.8. The Balaban J connectivity index is 0.000000120. The van der Waals surface area contributed by atoms with Gasteiger partial charge in [-0.2, -0.15) is 15.6 Å².